The summed E-state index contributed by atoms with van der Waals surface area (Å²) in [5, 5.41) is 0. The van der Waals surface area contributed by atoms with Crippen molar-refractivity contribution < 1.29 is 27.4 Å². The molecule has 3 nitrogen and oxygen atoms in total. The van der Waals surface area contributed by atoms with Crippen LogP contribution < -0.4 is 4.74 Å². The van der Waals surface area contributed by atoms with Gasteiger partial charge in [0.05, 0.1) is 5.56 Å². The predicted molar refractivity (Wildman–Crippen MR) is 56.3 cm³/mol. The van der Waals surface area contributed by atoms with Crippen LogP contribution >= 0.6 is 0 Å². The maximum atomic E-state index is 12.3. The Morgan fingerprint density at radius 2 is 1.83 bits per heavy atom. The van der Waals surface area contributed by atoms with Crippen LogP contribution in [0.5, 0.6) is 5.75 Å². The first-order chi connectivity index (χ1) is 8.41. The highest BCUT2D eigenvalue weighted by atomic mass is 19.4. The first-order valence-corrected chi connectivity index (χ1v) is 5.31. The molecule has 1 aliphatic carbocycles. The van der Waals surface area contributed by atoms with Crippen LogP contribution in [-0.4, -0.2) is 25.1 Å². The van der Waals surface area contributed by atoms with Gasteiger partial charge in [0.1, 0.15) is 11.9 Å². The second-order valence-corrected chi connectivity index (χ2v) is 4.01. The summed E-state index contributed by atoms with van der Waals surface area (Å²) < 4.78 is 47.3. The summed E-state index contributed by atoms with van der Waals surface area (Å²) in [6.07, 6.45) is -5.17. The van der Waals surface area contributed by atoms with Gasteiger partial charge in [0, 0.05) is 13.5 Å². The molecule has 0 aliphatic heterocycles. The van der Waals surface area contributed by atoms with Crippen molar-refractivity contribution in [3.05, 3.63) is 29.8 Å². The lowest BCUT2D eigenvalue weighted by Crippen LogP contribution is -2.51. The molecule has 1 aromatic carbocycles. The Balaban J connectivity index is 2.01. The Morgan fingerprint density at radius 3 is 2.28 bits per heavy atom. The topological polar surface area (TPSA) is 35.5 Å². The van der Waals surface area contributed by atoms with Gasteiger partial charge in [-0.3, -0.25) is 4.79 Å². The summed E-state index contributed by atoms with van der Waals surface area (Å²) in [7, 11) is 1.39. The SMILES string of the molecule is COC1C(=O)CC1Oc1ccc(C(F)(F)F)cc1. The van der Waals surface area contributed by atoms with Gasteiger partial charge in [-0.25, -0.2) is 0 Å². The maximum absolute atomic E-state index is 12.3. The van der Waals surface area contributed by atoms with Crippen LogP contribution in [0, 0.1) is 0 Å². The monoisotopic (exact) mass is 260 g/mol. The lowest BCUT2D eigenvalue weighted by atomic mass is 9.90. The Morgan fingerprint density at radius 1 is 1.22 bits per heavy atom. The number of hydrogen-bond donors (Lipinski definition) is 0. The number of ketones is 1. The average Bonchev–Trinajstić information content (AvgIpc) is 2.28. The zero-order valence-corrected chi connectivity index (χ0v) is 9.53. The number of rotatable bonds is 3. The van der Waals surface area contributed by atoms with Gasteiger partial charge < -0.3 is 9.47 Å². The van der Waals surface area contributed by atoms with E-state index in [9.17, 15) is 18.0 Å². The number of carbonyl (C=O) groups excluding carboxylic acids is 1. The van der Waals surface area contributed by atoms with Crippen molar-refractivity contribution in [1.29, 1.82) is 0 Å². The zero-order chi connectivity index (χ0) is 13.3. The highest BCUT2D eigenvalue weighted by molar-refractivity contribution is 5.90. The van der Waals surface area contributed by atoms with Gasteiger partial charge in [-0.15, -0.1) is 0 Å². The molecule has 1 aliphatic rings. The Hall–Kier alpha value is -1.56. The molecule has 2 unspecified atom stereocenters. The number of benzene rings is 1. The lowest BCUT2D eigenvalue weighted by molar-refractivity contribution is -0.150. The molecule has 6 heteroatoms. The molecule has 0 aromatic heterocycles. The molecular weight excluding hydrogens is 249 g/mol. The smallest absolute Gasteiger partial charge is 0.416 e. The van der Waals surface area contributed by atoms with Crippen molar-refractivity contribution in [3.8, 4) is 5.75 Å². The number of ether oxygens (including phenoxy) is 2. The number of halogens is 3. The minimum absolute atomic E-state index is 0.0607. The van der Waals surface area contributed by atoms with E-state index >= 15 is 0 Å². The van der Waals surface area contributed by atoms with E-state index in [-0.39, 0.29) is 12.2 Å². The van der Waals surface area contributed by atoms with Gasteiger partial charge in [0.25, 0.3) is 0 Å². The van der Waals surface area contributed by atoms with Crippen molar-refractivity contribution in [3.63, 3.8) is 0 Å². The molecule has 0 heterocycles. The van der Waals surface area contributed by atoms with Crippen molar-refractivity contribution in [2.45, 2.75) is 24.8 Å². The molecule has 0 saturated heterocycles. The van der Waals surface area contributed by atoms with Gasteiger partial charge in [-0.1, -0.05) is 0 Å². The quantitative estimate of drug-likeness (QED) is 0.837. The van der Waals surface area contributed by atoms with Gasteiger partial charge in [-0.2, -0.15) is 13.2 Å². The third-order valence-corrected chi connectivity index (χ3v) is 2.78. The van der Waals surface area contributed by atoms with Crippen LogP contribution in [0.2, 0.25) is 0 Å². The minimum Gasteiger partial charge on any atom is -0.487 e. The number of carbonyl (C=O) groups is 1. The average molecular weight is 260 g/mol. The molecular formula is C12H11F3O3. The maximum Gasteiger partial charge on any atom is 0.416 e. The van der Waals surface area contributed by atoms with E-state index in [1.807, 2.05) is 0 Å². The van der Waals surface area contributed by atoms with Crippen LogP contribution in [-0.2, 0) is 15.7 Å². The summed E-state index contributed by atoms with van der Waals surface area (Å²) >= 11 is 0. The molecule has 2 atom stereocenters. The fraction of sp³-hybridized carbons (Fsp3) is 0.417. The number of methoxy groups -OCH3 is 1. The van der Waals surface area contributed by atoms with Crippen LogP contribution in [0.4, 0.5) is 13.2 Å². The Labute approximate surface area is 102 Å². The van der Waals surface area contributed by atoms with Gasteiger partial charge in [0.15, 0.2) is 11.9 Å². The molecule has 0 N–H and O–H groups in total. The molecule has 1 aromatic rings. The number of hydrogen-bond acceptors (Lipinski definition) is 3. The van der Waals surface area contributed by atoms with Crippen molar-refractivity contribution >= 4 is 5.78 Å². The fourth-order valence-electron chi connectivity index (χ4n) is 1.75. The van der Waals surface area contributed by atoms with Crippen molar-refractivity contribution in [1.82, 2.24) is 0 Å². The fourth-order valence-corrected chi connectivity index (χ4v) is 1.75. The van der Waals surface area contributed by atoms with Crippen molar-refractivity contribution in [2.24, 2.45) is 0 Å². The van der Waals surface area contributed by atoms with E-state index in [1.165, 1.54) is 19.2 Å². The standard InChI is InChI=1S/C12H11F3O3/c1-17-11-9(16)6-10(11)18-8-4-2-7(3-5-8)12(13,14)15/h2-5,10-11H,6H2,1H3. The van der Waals surface area contributed by atoms with E-state index in [4.69, 9.17) is 9.47 Å². The summed E-state index contributed by atoms with van der Waals surface area (Å²) in [5.41, 5.74) is -0.733. The molecule has 2 rings (SSSR count). The van der Waals surface area contributed by atoms with E-state index in [1.54, 1.807) is 0 Å². The molecule has 98 valence electrons. The van der Waals surface area contributed by atoms with Crippen LogP contribution in [0.3, 0.4) is 0 Å². The van der Waals surface area contributed by atoms with E-state index in [2.05, 4.69) is 0 Å². The molecule has 0 spiro atoms. The zero-order valence-electron chi connectivity index (χ0n) is 9.53. The normalized spacial score (nSPS) is 23.7. The first-order valence-electron chi connectivity index (χ1n) is 5.31. The van der Waals surface area contributed by atoms with E-state index in [0.717, 1.165) is 12.1 Å². The largest absolute Gasteiger partial charge is 0.487 e. The third-order valence-electron chi connectivity index (χ3n) is 2.78. The van der Waals surface area contributed by atoms with E-state index < -0.39 is 23.9 Å². The summed E-state index contributed by atoms with van der Waals surface area (Å²) in [4.78, 5) is 11.1. The van der Waals surface area contributed by atoms with Gasteiger partial charge in [-0.05, 0) is 24.3 Å². The van der Waals surface area contributed by atoms with Gasteiger partial charge in [0.2, 0.25) is 0 Å². The second-order valence-electron chi connectivity index (χ2n) is 4.01. The summed E-state index contributed by atoms with van der Waals surface area (Å²) in [6, 6.07) is 4.35. The molecule has 18 heavy (non-hydrogen) atoms. The van der Waals surface area contributed by atoms with Crippen LogP contribution in [0.25, 0.3) is 0 Å². The Bertz CT molecular complexity index is 439. The van der Waals surface area contributed by atoms with Crippen LogP contribution in [0.1, 0.15) is 12.0 Å². The number of alkyl halides is 3. The minimum atomic E-state index is -4.36. The van der Waals surface area contributed by atoms with Crippen molar-refractivity contribution in [2.75, 3.05) is 7.11 Å². The molecule has 0 radical (unpaired) electrons. The predicted octanol–water partition coefficient (Wildman–Crippen LogP) is 2.44. The molecule has 1 fully saturated rings. The third kappa shape index (κ3) is 2.48. The molecule has 1 saturated carbocycles. The lowest BCUT2D eigenvalue weighted by Gasteiger charge is -2.33. The van der Waals surface area contributed by atoms with Crippen LogP contribution in [0.15, 0.2) is 24.3 Å². The molecule has 0 bridgehead atoms. The van der Waals surface area contributed by atoms with E-state index in [0.29, 0.717) is 5.75 Å². The Kier molecular flexibility index (Phi) is 3.30. The summed E-state index contributed by atoms with van der Waals surface area (Å²) in [6.45, 7) is 0. The molecule has 0 amide bonds. The number of Topliss-reactive ketones (excluding diaryl/α,β-unsaturated/α-hetero) is 1. The van der Waals surface area contributed by atoms with Gasteiger partial charge >= 0.3 is 6.18 Å². The first kappa shape index (κ1) is 12.9. The summed E-state index contributed by atoms with van der Waals surface area (Å²) in [5.74, 6) is 0.233. The second kappa shape index (κ2) is 4.61. The highest BCUT2D eigenvalue weighted by Gasteiger charge is 2.42. The highest BCUT2D eigenvalue weighted by Crippen LogP contribution is 2.31.